The molecule has 0 radical (unpaired) electrons. The maximum atomic E-state index is 12.4. The highest BCUT2D eigenvalue weighted by Gasteiger charge is 2.29. The van der Waals surface area contributed by atoms with Crippen molar-refractivity contribution in [2.24, 2.45) is 0 Å². The molecule has 0 spiro atoms. The van der Waals surface area contributed by atoms with Crippen LogP contribution in [-0.2, 0) is 11.3 Å². The second-order valence-corrected chi connectivity index (χ2v) is 5.97. The van der Waals surface area contributed by atoms with Gasteiger partial charge in [0.1, 0.15) is 12.4 Å². The Morgan fingerprint density at radius 3 is 2.82 bits per heavy atom. The van der Waals surface area contributed by atoms with E-state index in [0.29, 0.717) is 13.1 Å². The van der Waals surface area contributed by atoms with E-state index in [1.165, 1.54) is 0 Å². The fourth-order valence-corrected chi connectivity index (χ4v) is 2.93. The second-order valence-electron chi connectivity index (χ2n) is 5.97. The number of likely N-dealkylation sites (tertiary alicyclic amines) is 1. The Morgan fingerprint density at radius 1 is 1.32 bits per heavy atom. The average Bonchev–Trinajstić information content (AvgIpc) is 3.06. The summed E-state index contributed by atoms with van der Waals surface area (Å²) in [5.41, 5.74) is 2.93. The zero-order valence-electron chi connectivity index (χ0n) is 13.3. The van der Waals surface area contributed by atoms with E-state index in [2.05, 4.69) is 15.1 Å². The molecule has 0 aliphatic carbocycles. The highest BCUT2D eigenvalue weighted by atomic mass is 16.2. The highest BCUT2D eigenvalue weighted by molar-refractivity contribution is 5.76. The van der Waals surface area contributed by atoms with Crippen molar-refractivity contribution >= 4 is 5.91 Å². The van der Waals surface area contributed by atoms with Gasteiger partial charge in [-0.05, 0) is 39.3 Å². The number of hydrogen-bond donors (Lipinski definition) is 0. The number of hydrogen-bond acceptors (Lipinski definition) is 4. The molecule has 6 nitrogen and oxygen atoms in total. The fourth-order valence-electron chi connectivity index (χ4n) is 2.93. The van der Waals surface area contributed by atoms with Gasteiger partial charge in [0.15, 0.2) is 0 Å². The molecule has 116 valence electrons. The van der Waals surface area contributed by atoms with Crippen LogP contribution in [0.5, 0.6) is 0 Å². The average molecular weight is 299 g/mol. The summed E-state index contributed by atoms with van der Waals surface area (Å²) in [5.74, 6) is 1.20. The molecule has 0 aromatic carbocycles. The maximum absolute atomic E-state index is 12.4. The van der Waals surface area contributed by atoms with Gasteiger partial charge < -0.3 is 4.90 Å². The number of carbonyl (C=O) groups is 1. The van der Waals surface area contributed by atoms with Gasteiger partial charge in [-0.1, -0.05) is 0 Å². The van der Waals surface area contributed by atoms with Gasteiger partial charge in [0.25, 0.3) is 0 Å². The lowest BCUT2D eigenvalue weighted by Crippen LogP contribution is -2.32. The van der Waals surface area contributed by atoms with E-state index in [1.54, 1.807) is 10.9 Å². The molecule has 0 bridgehead atoms. The van der Waals surface area contributed by atoms with Crippen molar-refractivity contribution < 1.29 is 4.79 Å². The molecular weight excluding hydrogens is 278 g/mol. The van der Waals surface area contributed by atoms with Crippen LogP contribution in [0.4, 0.5) is 0 Å². The Labute approximate surface area is 130 Å². The molecule has 1 aliphatic rings. The zero-order valence-corrected chi connectivity index (χ0v) is 13.3. The Kier molecular flexibility index (Phi) is 3.92. The Balaban J connectivity index is 1.65. The largest absolute Gasteiger partial charge is 0.340 e. The molecule has 22 heavy (non-hydrogen) atoms. The number of aryl methyl sites for hydroxylation is 3. The van der Waals surface area contributed by atoms with Gasteiger partial charge in [-0.25, -0.2) is 9.97 Å². The molecule has 1 unspecified atom stereocenters. The van der Waals surface area contributed by atoms with E-state index in [4.69, 9.17) is 0 Å². The third-order valence-electron chi connectivity index (χ3n) is 4.11. The monoisotopic (exact) mass is 299 g/mol. The molecule has 1 atom stereocenters. The lowest BCUT2D eigenvalue weighted by atomic mass is 10.1. The van der Waals surface area contributed by atoms with Crippen LogP contribution in [0.15, 0.2) is 18.3 Å². The van der Waals surface area contributed by atoms with Crippen LogP contribution in [0.2, 0.25) is 0 Å². The standard InChI is InChI=1S/C16H21N5O/c1-11-4-6-17-16(18-11)14-5-7-20(9-14)15(22)10-21-13(3)8-12(2)19-21/h4,6,8,14H,5,7,9-10H2,1-3H3. The van der Waals surface area contributed by atoms with E-state index >= 15 is 0 Å². The SMILES string of the molecule is Cc1ccnc(C2CCN(C(=O)Cn3nc(C)cc3C)C2)n1. The molecule has 3 rings (SSSR count). The summed E-state index contributed by atoms with van der Waals surface area (Å²) in [6.45, 7) is 7.64. The Hall–Kier alpha value is -2.24. The number of rotatable bonds is 3. The van der Waals surface area contributed by atoms with Crippen LogP contribution in [0.25, 0.3) is 0 Å². The minimum absolute atomic E-state index is 0.112. The van der Waals surface area contributed by atoms with Gasteiger partial charge >= 0.3 is 0 Å². The molecule has 1 fully saturated rings. The molecule has 1 aliphatic heterocycles. The van der Waals surface area contributed by atoms with E-state index in [-0.39, 0.29) is 11.8 Å². The smallest absolute Gasteiger partial charge is 0.244 e. The Bertz CT molecular complexity index is 694. The number of nitrogens with zero attached hydrogens (tertiary/aromatic N) is 5. The molecule has 1 amide bonds. The summed E-state index contributed by atoms with van der Waals surface area (Å²) in [6.07, 6.45) is 2.71. The summed E-state index contributed by atoms with van der Waals surface area (Å²) in [6, 6.07) is 3.88. The van der Waals surface area contributed by atoms with Crippen molar-refractivity contribution in [3.8, 4) is 0 Å². The normalized spacial score (nSPS) is 18.0. The minimum atomic E-state index is 0.112. The molecule has 2 aromatic heterocycles. The Morgan fingerprint density at radius 2 is 2.14 bits per heavy atom. The van der Waals surface area contributed by atoms with Gasteiger partial charge in [0, 0.05) is 36.6 Å². The molecule has 0 N–H and O–H groups in total. The summed E-state index contributed by atoms with van der Waals surface area (Å²) < 4.78 is 1.77. The molecular formula is C16H21N5O. The first-order chi connectivity index (χ1) is 10.5. The topological polar surface area (TPSA) is 63.9 Å². The van der Waals surface area contributed by atoms with Crippen molar-refractivity contribution in [1.82, 2.24) is 24.6 Å². The van der Waals surface area contributed by atoms with Gasteiger partial charge in [0.2, 0.25) is 5.91 Å². The predicted molar refractivity (Wildman–Crippen MR) is 82.4 cm³/mol. The maximum Gasteiger partial charge on any atom is 0.244 e. The van der Waals surface area contributed by atoms with Crippen molar-refractivity contribution in [3.05, 3.63) is 41.2 Å². The first kappa shape index (κ1) is 14.7. The number of aromatic nitrogens is 4. The molecule has 2 aromatic rings. The third kappa shape index (κ3) is 3.00. The molecule has 1 saturated heterocycles. The van der Waals surface area contributed by atoms with Crippen LogP contribution < -0.4 is 0 Å². The fraction of sp³-hybridized carbons (Fsp3) is 0.500. The van der Waals surface area contributed by atoms with Gasteiger partial charge in [0.05, 0.1) is 5.69 Å². The lowest BCUT2D eigenvalue weighted by Gasteiger charge is -2.16. The minimum Gasteiger partial charge on any atom is -0.340 e. The highest BCUT2D eigenvalue weighted by Crippen LogP contribution is 2.24. The van der Waals surface area contributed by atoms with Gasteiger partial charge in [-0.2, -0.15) is 5.10 Å². The van der Waals surface area contributed by atoms with Crippen LogP contribution in [0.1, 0.15) is 35.2 Å². The van der Waals surface area contributed by atoms with Gasteiger partial charge in [-0.15, -0.1) is 0 Å². The van der Waals surface area contributed by atoms with Crippen molar-refractivity contribution in [1.29, 1.82) is 0 Å². The molecule has 0 saturated carbocycles. The summed E-state index contributed by atoms with van der Waals surface area (Å²) >= 11 is 0. The summed E-state index contributed by atoms with van der Waals surface area (Å²) in [5, 5.41) is 4.35. The third-order valence-corrected chi connectivity index (χ3v) is 4.11. The van der Waals surface area contributed by atoms with Crippen LogP contribution >= 0.6 is 0 Å². The molecule has 6 heteroatoms. The van der Waals surface area contributed by atoms with E-state index < -0.39 is 0 Å². The summed E-state index contributed by atoms with van der Waals surface area (Å²) in [7, 11) is 0. The van der Waals surface area contributed by atoms with Gasteiger partial charge in [-0.3, -0.25) is 9.48 Å². The number of amides is 1. The molecule has 3 heterocycles. The predicted octanol–water partition coefficient (Wildman–Crippen LogP) is 1.61. The van der Waals surface area contributed by atoms with Crippen LogP contribution in [0, 0.1) is 20.8 Å². The van der Waals surface area contributed by atoms with Crippen molar-refractivity contribution in [2.75, 3.05) is 13.1 Å². The van der Waals surface area contributed by atoms with E-state index in [0.717, 1.165) is 35.9 Å². The second kappa shape index (κ2) is 5.87. The van der Waals surface area contributed by atoms with E-state index in [9.17, 15) is 4.79 Å². The van der Waals surface area contributed by atoms with Crippen LogP contribution in [-0.4, -0.2) is 43.6 Å². The lowest BCUT2D eigenvalue weighted by molar-refractivity contribution is -0.131. The van der Waals surface area contributed by atoms with Crippen molar-refractivity contribution in [2.45, 2.75) is 39.7 Å². The zero-order chi connectivity index (χ0) is 15.7. The van der Waals surface area contributed by atoms with E-state index in [1.807, 2.05) is 37.8 Å². The number of carbonyl (C=O) groups excluding carboxylic acids is 1. The first-order valence-corrected chi connectivity index (χ1v) is 7.61. The van der Waals surface area contributed by atoms with Crippen LogP contribution in [0.3, 0.4) is 0 Å². The first-order valence-electron chi connectivity index (χ1n) is 7.61. The van der Waals surface area contributed by atoms with Crippen molar-refractivity contribution in [3.63, 3.8) is 0 Å². The quantitative estimate of drug-likeness (QED) is 0.864. The summed E-state index contributed by atoms with van der Waals surface area (Å²) in [4.78, 5) is 23.2.